The highest BCUT2D eigenvalue weighted by molar-refractivity contribution is 5.69. The van der Waals surface area contributed by atoms with Gasteiger partial charge in [0.2, 0.25) is 0 Å². The number of carbonyl (C=O) groups excluding carboxylic acids is 1. The summed E-state index contributed by atoms with van der Waals surface area (Å²) < 4.78 is 6.50. The maximum atomic E-state index is 12.1. The van der Waals surface area contributed by atoms with E-state index in [1.165, 1.54) is 167 Å². The lowest BCUT2D eigenvalue weighted by atomic mass is 10.0. The molecular weight excluding hydrogens is 466 g/mol. The van der Waals surface area contributed by atoms with Crippen LogP contribution in [0.4, 0.5) is 0 Å². The van der Waals surface area contributed by atoms with Gasteiger partial charge in [0.25, 0.3) is 0 Å². The Morgan fingerprint density at radius 3 is 1.13 bits per heavy atom. The zero-order valence-corrected chi connectivity index (χ0v) is 27.0. The Bertz CT molecular complexity index is 477. The molecular formula is C35H72NO2+. The van der Waals surface area contributed by atoms with Crippen LogP contribution < -0.4 is 0 Å². The minimum atomic E-state index is 0.00646. The van der Waals surface area contributed by atoms with Crippen molar-refractivity contribution in [3.63, 3.8) is 0 Å². The Morgan fingerprint density at radius 1 is 0.447 bits per heavy atom. The zero-order chi connectivity index (χ0) is 28.0. The Kier molecular flexibility index (Phi) is 29.0. The van der Waals surface area contributed by atoms with Crippen LogP contribution in [0, 0.1) is 0 Å². The predicted molar refractivity (Wildman–Crippen MR) is 169 cm³/mol. The summed E-state index contributed by atoms with van der Waals surface area (Å²) in [7, 11) is 4.56. The first-order chi connectivity index (χ1) is 18.5. The first kappa shape index (κ1) is 37.4. The van der Waals surface area contributed by atoms with E-state index < -0.39 is 0 Å². The zero-order valence-electron chi connectivity index (χ0n) is 27.0. The molecule has 0 unspecified atom stereocenters. The summed E-state index contributed by atoms with van der Waals surface area (Å²) in [5, 5.41) is 0. The molecule has 0 aliphatic heterocycles. The fraction of sp³-hybridized carbons (Fsp3) is 0.971. The van der Waals surface area contributed by atoms with Crippen LogP contribution in [0.15, 0.2) is 0 Å². The molecule has 0 saturated carbocycles. The van der Waals surface area contributed by atoms with E-state index in [2.05, 4.69) is 27.9 Å². The first-order valence-corrected chi connectivity index (χ1v) is 17.5. The number of esters is 1. The number of carbonyl (C=O) groups is 1. The summed E-state index contributed by atoms with van der Waals surface area (Å²) in [6.45, 7) is 7.26. The quantitative estimate of drug-likeness (QED) is 0.0498. The van der Waals surface area contributed by atoms with Crippen molar-refractivity contribution in [2.45, 2.75) is 187 Å². The van der Waals surface area contributed by atoms with E-state index in [4.69, 9.17) is 4.74 Å². The van der Waals surface area contributed by atoms with Gasteiger partial charge in [-0.15, -0.1) is 0 Å². The molecule has 0 amide bonds. The Balaban J connectivity index is 3.40. The molecule has 0 N–H and O–H groups in total. The minimum absolute atomic E-state index is 0.00646. The van der Waals surface area contributed by atoms with Crippen LogP contribution in [-0.2, 0) is 9.53 Å². The number of ether oxygens (including phenoxy) is 1. The van der Waals surface area contributed by atoms with E-state index in [9.17, 15) is 4.79 Å². The maximum absolute atomic E-state index is 12.1. The van der Waals surface area contributed by atoms with Gasteiger partial charge < -0.3 is 9.22 Å². The fourth-order valence-electron chi connectivity index (χ4n) is 5.44. The summed E-state index contributed by atoms with van der Waals surface area (Å²) in [5.41, 5.74) is 0. The molecule has 0 heterocycles. The van der Waals surface area contributed by atoms with E-state index in [-0.39, 0.29) is 5.97 Å². The van der Waals surface area contributed by atoms with Crippen LogP contribution in [0.25, 0.3) is 0 Å². The molecule has 0 radical (unpaired) electrons. The molecule has 3 heteroatoms. The van der Waals surface area contributed by atoms with Gasteiger partial charge in [-0.1, -0.05) is 162 Å². The molecule has 0 aromatic rings. The number of unbranched alkanes of at least 4 members (excludes halogenated alkanes) is 24. The van der Waals surface area contributed by atoms with E-state index in [0.717, 1.165) is 17.4 Å². The minimum Gasteiger partial charge on any atom is -0.460 e. The van der Waals surface area contributed by atoms with Crippen LogP contribution in [0.5, 0.6) is 0 Å². The SMILES string of the molecule is CCCCCCCCCCCCCCCCCC[N+](C)(C)CCOC(=O)CCCCCCCCCCCC. The lowest BCUT2D eigenvalue weighted by Crippen LogP contribution is -2.43. The highest BCUT2D eigenvalue weighted by Crippen LogP contribution is 2.15. The van der Waals surface area contributed by atoms with Crippen molar-refractivity contribution in [2.24, 2.45) is 0 Å². The van der Waals surface area contributed by atoms with E-state index in [1.807, 2.05) is 0 Å². The number of likely N-dealkylation sites (N-methyl/N-ethyl adjacent to an activating group) is 1. The molecule has 0 aliphatic rings. The summed E-state index contributed by atoms with van der Waals surface area (Å²) in [4.78, 5) is 12.1. The van der Waals surface area contributed by atoms with Crippen molar-refractivity contribution in [3.05, 3.63) is 0 Å². The summed E-state index contributed by atoms with van der Waals surface area (Å²) >= 11 is 0. The standard InChI is InChI=1S/C35H72NO2/c1-5-7-9-11-13-15-17-18-19-20-21-22-24-26-28-30-32-36(3,4)33-34-38-35(37)31-29-27-25-23-16-14-12-10-8-6-2/h5-34H2,1-4H3/q+1. The van der Waals surface area contributed by atoms with E-state index in [1.54, 1.807) is 0 Å². The van der Waals surface area contributed by atoms with Crippen molar-refractivity contribution in [3.8, 4) is 0 Å². The number of quaternary nitrogens is 1. The average Bonchev–Trinajstić information content (AvgIpc) is 2.89. The van der Waals surface area contributed by atoms with Gasteiger partial charge in [0, 0.05) is 6.42 Å². The number of nitrogens with zero attached hydrogens (tertiary/aromatic N) is 1. The van der Waals surface area contributed by atoms with Gasteiger partial charge in [0.05, 0.1) is 20.6 Å². The Hall–Kier alpha value is -0.570. The van der Waals surface area contributed by atoms with E-state index in [0.29, 0.717) is 13.0 Å². The third kappa shape index (κ3) is 30.0. The van der Waals surface area contributed by atoms with Gasteiger partial charge in [-0.3, -0.25) is 4.79 Å². The van der Waals surface area contributed by atoms with Gasteiger partial charge in [-0.25, -0.2) is 0 Å². The van der Waals surface area contributed by atoms with E-state index >= 15 is 0 Å². The third-order valence-corrected chi connectivity index (χ3v) is 8.31. The second-order valence-electron chi connectivity index (χ2n) is 12.8. The lowest BCUT2D eigenvalue weighted by Gasteiger charge is -2.29. The van der Waals surface area contributed by atoms with Gasteiger partial charge in [-0.05, 0) is 19.3 Å². The van der Waals surface area contributed by atoms with Crippen LogP contribution in [0.1, 0.15) is 187 Å². The summed E-state index contributed by atoms with van der Waals surface area (Å²) in [6.07, 6.45) is 36.3. The molecule has 0 aromatic heterocycles. The van der Waals surface area contributed by atoms with Crippen molar-refractivity contribution in [2.75, 3.05) is 33.8 Å². The molecule has 0 aromatic carbocycles. The highest BCUT2D eigenvalue weighted by atomic mass is 16.5. The van der Waals surface area contributed by atoms with Crippen molar-refractivity contribution >= 4 is 5.97 Å². The highest BCUT2D eigenvalue weighted by Gasteiger charge is 2.15. The van der Waals surface area contributed by atoms with Crippen molar-refractivity contribution in [1.82, 2.24) is 0 Å². The van der Waals surface area contributed by atoms with Gasteiger partial charge in [0.15, 0.2) is 0 Å². The predicted octanol–water partition coefficient (Wildman–Crippen LogP) is 11.2. The van der Waals surface area contributed by atoms with Crippen LogP contribution in [-0.4, -0.2) is 44.2 Å². The van der Waals surface area contributed by atoms with Crippen LogP contribution in [0.2, 0.25) is 0 Å². The number of hydrogen-bond donors (Lipinski definition) is 0. The largest absolute Gasteiger partial charge is 0.460 e. The summed E-state index contributed by atoms with van der Waals surface area (Å²) in [6, 6.07) is 0. The second-order valence-corrected chi connectivity index (χ2v) is 12.8. The maximum Gasteiger partial charge on any atom is 0.305 e. The molecule has 0 fully saturated rings. The molecule has 0 spiro atoms. The van der Waals surface area contributed by atoms with Gasteiger partial charge in [-0.2, -0.15) is 0 Å². The van der Waals surface area contributed by atoms with Crippen LogP contribution >= 0.6 is 0 Å². The number of rotatable bonds is 31. The molecule has 0 atom stereocenters. The molecule has 0 rings (SSSR count). The number of hydrogen-bond acceptors (Lipinski definition) is 2. The van der Waals surface area contributed by atoms with Gasteiger partial charge >= 0.3 is 5.97 Å². The Labute approximate surface area is 240 Å². The monoisotopic (exact) mass is 539 g/mol. The van der Waals surface area contributed by atoms with Crippen molar-refractivity contribution in [1.29, 1.82) is 0 Å². The topological polar surface area (TPSA) is 26.3 Å². The normalized spacial score (nSPS) is 11.8. The lowest BCUT2D eigenvalue weighted by molar-refractivity contribution is -0.890. The van der Waals surface area contributed by atoms with Crippen LogP contribution in [0.3, 0.4) is 0 Å². The molecule has 3 nitrogen and oxygen atoms in total. The van der Waals surface area contributed by atoms with Crippen molar-refractivity contribution < 1.29 is 14.0 Å². The molecule has 0 saturated heterocycles. The fourth-order valence-corrected chi connectivity index (χ4v) is 5.44. The molecule has 38 heavy (non-hydrogen) atoms. The smallest absolute Gasteiger partial charge is 0.305 e. The third-order valence-electron chi connectivity index (χ3n) is 8.31. The molecule has 0 aliphatic carbocycles. The molecule has 228 valence electrons. The molecule has 0 bridgehead atoms. The Morgan fingerprint density at radius 2 is 0.763 bits per heavy atom. The average molecular weight is 539 g/mol. The van der Waals surface area contributed by atoms with Gasteiger partial charge in [0.1, 0.15) is 13.2 Å². The first-order valence-electron chi connectivity index (χ1n) is 17.5. The second kappa shape index (κ2) is 29.4. The summed E-state index contributed by atoms with van der Waals surface area (Å²) in [5.74, 6) is 0.00646.